The summed E-state index contributed by atoms with van der Waals surface area (Å²) in [5, 5.41) is 5.05. The van der Waals surface area contributed by atoms with Crippen molar-refractivity contribution in [1.29, 1.82) is 0 Å². The molecule has 1 aromatic heterocycles. The highest BCUT2D eigenvalue weighted by molar-refractivity contribution is 7.16. The number of amides is 2. The molecule has 2 N–H and O–H groups in total. The van der Waals surface area contributed by atoms with Gasteiger partial charge >= 0.3 is 5.97 Å². The number of carbonyl (C=O) groups is 3. The number of likely N-dealkylation sites (N-methyl/N-ethyl adjacent to an activating group) is 1. The van der Waals surface area contributed by atoms with Crippen LogP contribution >= 0.6 is 11.3 Å². The Bertz CT molecular complexity index is 728. The summed E-state index contributed by atoms with van der Waals surface area (Å²) in [6.45, 7) is 3.38. The minimum atomic E-state index is -0.685. The molecule has 0 saturated heterocycles. The third-order valence-corrected chi connectivity index (χ3v) is 3.81. The van der Waals surface area contributed by atoms with Crippen LogP contribution in [0.1, 0.15) is 24.2 Å². The van der Waals surface area contributed by atoms with Crippen LogP contribution in [0, 0.1) is 0 Å². The van der Waals surface area contributed by atoms with Crippen LogP contribution in [-0.4, -0.2) is 42.0 Å². The third kappa shape index (κ3) is 4.49. The number of esters is 1. The van der Waals surface area contributed by atoms with Crippen molar-refractivity contribution in [3.05, 3.63) is 29.3 Å². The van der Waals surface area contributed by atoms with E-state index < -0.39 is 24.5 Å². The van der Waals surface area contributed by atoms with Crippen molar-refractivity contribution in [3.63, 3.8) is 0 Å². The molecule has 0 aliphatic heterocycles. The summed E-state index contributed by atoms with van der Waals surface area (Å²) in [4.78, 5) is 39.3. The minimum absolute atomic E-state index is 0.289. The van der Waals surface area contributed by atoms with E-state index in [4.69, 9.17) is 4.74 Å². The van der Waals surface area contributed by atoms with Gasteiger partial charge in [0.1, 0.15) is 6.04 Å². The Hall–Kier alpha value is -2.48. The van der Waals surface area contributed by atoms with Gasteiger partial charge in [0.05, 0.1) is 21.3 Å². The van der Waals surface area contributed by atoms with Gasteiger partial charge in [-0.05, 0) is 32.0 Å². The molecular formula is C15H17N3O4S. The number of thiazole rings is 1. The first-order valence-electron chi connectivity index (χ1n) is 7.08. The highest BCUT2D eigenvalue weighted by Crippen LogP contribution is 2.19. The lowest BCUT2D eigenvalue weighted by Crippen LogP contribution is -2.46. The van der Waals surface area contributed by atoms with Crippen molar-refractivity contribution in [3.8, 4) is 0 Å². The highest BCUT2D eigenvalue weighted by atomic mass is 32.1. The van der Waals surface area contributed by atoms with Gasteiger partial charge in [0, 0.05) is 6.54 Å². The average molecular weight is 335 g/mol. The molecule has 0 aliphatic rings. The van der Waals surface area contributed by atoms with E-state index in [0.717, 1.165) is 10.2 Å². The lowest BCUT2D eigenvalue weighted by Gasteiger charge is -2.13. The van der Waals surface area contributed by atoms with Crippen molar-refractivity contribution < 1.29 is 19.1 Å². The smallest absolute Gasteiger partial charge is 0.338 e. The molecule has 0 aliphatic carbocycles. The van der Waals surface area contributed by atoms with E-state index in [1.54, 1.807) is 37.6 Å². The molecular weight excluding hydrogens is 318 g/mol. The molecule has 0 fully saturated rings. The summed E-state index contributed by atoms with van der Waals surface area (Å²) in [6, 6.07) is 4.30. The molecule has 1 aromatic carbocycles. The van der Waals surface area contributed by atoms with Crippen molar-refractivity contribution >= 4 is 39.3 Å². The van der Waals surface area contributed by atoms with Crippen molar-refractivity contribution in [2.45, 2.75) is 19.9 Å². The zero-order chi connectivity index (χ0) is 16.8. The van der Waals surface area contributed by atoms with Crippen LogP contribution in [0.5, 0.6) is 0 Å². The van der Waals surface area contributed by atoms with Crippen molar-refractivity contribution in [2.75, 3.05) is 13.2 Å². The first kappa shape index (κ1) is 16.9. The maximum absolute atomic E-state index is 11.9. The van der Waals surface area contributed by atoms with Crippen LogP contribution in [0.4, 0.5) is 0 Å². The van der Waals surface area contributed by atoms with Crippen LogP contribution < -0.4 is 10.6 Å². The molecule has 122 valence electrons. The maximum atomic E-state index is 11.9. The molecule has 23 heavy (non-hydrogen) atoms. The van der Waals surface area contributed by atoms with Gasteiger partial charge in [-0.25, -0.2) is 9.78 Å². The first-order valence-corrected chi connectivity index (χ1v) is 7.96. The van der Waals surface area contributed by atoms with Crippen LogP contribution in [-0.2, 0) is 14.3 Å². The van der Waals surface area contributed by atoms with Crippen LogP contribution in [0.3, 0.4) is 0 Å². The van der Waals surface area contributed by atoms with E-state index in [9.17, 15) is 14.4 Å². The molecule has 2 rings (SSSR count). The van der Waals surface area contributed by atoms with Gasteiger partial charge in [-0.1, -0.05) is 0 Å². The summed E-state index contributed by atoms with van der Waals surface area (Å²) in [5.74, 6) is -1.42. The van der Waals surface area contributed by atoms with Gasteiger partial charge < -0.3 is 15.4 Å². The first-order chi connectivity index (χ1) is 11.0. The van der Waals surface area contributed by atoms with Crippen molar-refractivity contribution in [1.82, 2.24) is 15.6 Å². The third-order valence-electron chi connectivity index (χ3n) is 3.02. The Morgan fingerprint density at radius 1 is 1.35 bits per heavy atom. The number of hydrogen-bond acceptors (Lipinski definition) is 6. The maximum Gasteiger partial charge on any atom is 0.338 e. The SMILES string of the molecule is CCNC(=O)[C@@H](C)NC(=O)COC(=O)c1ccc2ncsc2c1. The molecule has 0 saturated carbocycles. The molecule has 1 atom stereocenters. The van der Waals surface area contributed by atoms with E-state index in [1.807, 2.05) is 0 Å². The van der Waals surface area contributed by atoms with Gasteiger partial charge in [0.2, 0.25) is 5.91 Å². The van der Waals surface area contributed by atoms with Crippen LogP contribution in [0.2, 0.25) is 0 Å². The summed E-state index contributed by atoms with van der Waals surface area (Å²) in [6.07, 6.45) is 0. The molecule has 0 radical (unpaired) electrons. The Labute approximate surface area is 137 Å². The van der Waals surface area contributed by atoms with Gasteiger partial charge in [0.25, 0.3) is 5.91 Å². The Balaban J connectivity index is 1.86. The summed E-state index contributed by atoms with van der Waals surface area (Å²) >= 11 is 1.42. The monoisotopic (exact) mass is 335 g/mol. The molecule has 0 spiro atoms. The average Bonchev–Trinajstić information content (AvgIpc) is 3.00. The number of rotatable bonds is 6. The predicted molar refractivity (Wildman–Crippen MR) is 86.2 cm³/mol. The fourth-order valence-electron chi connectivity index (χ4n) is 1.87. The largest absolute Gasteiger partial charge is 0.452 e. The second-order valence-electron chi connectivity index (χ2n) is 4.79. The standard InChI is InChI=1S/C15H17N3O4S/c1-3-16-14(20)9(2)18-13(19)7-22-15(21)10-4-5-11-12(6-10)23-8-17-11/h4-6,8-9H,3,7H2,1-2H3,(H,16,20)(H,18,19)/t9-/m1/s1. The zero-order valence-electron chi connectivity index (χ0n) is 12.8. The lowest BCUT2D eigenvalue weighted by molar-refractivity contribution is -0.130. The topological polar surface area (TPSA) is 97.4 Å². The molecule has 0 bridgehead atoms. The number of fused-ring (bicyclic) bond motifs is 1. The van der Waals surface area contributed by atoms with Gasteiger partial charge in [0.15, 0.2) is 6.61 Å². The Kier molecular flexibility index (Phi) is 5.64. The quantitative estimate of drug-likeness (QED) is 0.770. The number of hydrogen-bond donors (Lipinski definition) is 2. The summed E-state index contributed by atoms with van der Waals surface area (Å²) in [7, 11) is 0. The fraction of sp³-hybridized carbons (Fsp3) is 0.333. The second kappa shape index (κ2) is 7.68. The highest BCUT2D eigenvalue weighted by Gasteiger charge is 2.16. The van der Waals surface area contributed by atoms with E-state index in [1.165, 1.54) is 11.3 Å². The van der Waals surface area contributed by atoms with Crippen LogP contribution in [0.15, 0.2) is 23.7 Å². The van der Waals surface area contributed by atoms with E-state index in [-0.39, 0.29) is 5.91 Å². The van der Waals surface area contributed by atoms with Gasteiger partial charge in [-0.2, -0.15) is 0 Å². The normalized spacial score (nSPS) is 11.7. The molecule has 2 aromatic rings. The number of nitrogens with zero attached hydrogens (tertiary/aromatic N) is 1. The summed E-state index contributed by atoms with van der Waals surface area (Å²) in [5.41, 5.74) is 2.85. The molecule has 1 heterocycles. The van der Waals surface area contributed by atoms with Crippen LogP contribution in [0.25, 0.3) is 10.2 Å². The van der Waals surface area contributed by atoms with Crippen molar-refractivity contribution in [2.24, 2.45) is 0 Å². The predicted octanol–water partition coefficient (Wildman–Crippen LogP) is 1.09. The van der Waals surface area contributed by atoms with E-state index >= 15 is 0 Å². The molecule has 2 amide bonds. The lowest BCUT2D eigenvalue weighted by atomic mass is 10.2. The Morgan fingerprint density at radius 2 is 2.13 bits per heavy atom. The zero-order valence-corrected chi connectivity index (χ0v) is 13.6. The summed E-state index contributed by atoms with van der Waals surface area (Å²) < 4.78 is 5.83. The van der Waals surface area contributed by atoms with E-state index in [2.05, 4.69) is 15.6 Å². The fourth-order valence-corrected chi connectivity index (χ4v) is 2.59. The molecule has 0 unspecified atom stereocenters. The number of carbonyl (C=O) groups excluding carboxylic acids is 3. The number of aromatic nitrogens is 1. The molecule has 8 heteroatoms. The van der Waals surface area contributed by atoms with Gasteiger partial charge in [-0.3, -0.25) is 9.59 Å². The molecule has 7 nitrogen and oxygen atoms in total. The van der Waals surface area contributed by atoms with E-state index in [0.29, 0.717) is 12.1 Å². The number of ether oxygens (including phenoxy) is 1. The second-order valence-corrected chi connectivity index (χ2v) is 5.68. The number of benzene rings is 1. The number of nitrogens with one attached hydrogen (secondary N) is 2. The Morgan fingerprint density at radius 3 is 2.87 bits per heavy atom. The minimum Gasteiger partial charge on any atom is -0.452 e. The van der Waals surface area contributed by atoms with Gasteiger partial charge in [-0.15, -0.1) is 11.3 Å².